The molecule has 0 spiro atoms. The Morgan fingerprint density at radius 2 is 1.97 bits per heavy atom. The molecular weight excluding hydrogens is 404 g/mol. The van der Waals surface area contributed by atoms with Crippen LogP contribution in [0.3, 0.4) is 0 Å². The predicted molar refractivity (Wildman–Crippen MR) is 113 cm³/mol. The molecule has 0 saturated carbocycles. The second kappa shape index (κ2) is 10.7. The first-order valence-corrected chi connectivity index (χ1v) is 11.0. The molecule has 31 heavy (non-hydrogen) atoms. The van der Waals surface area contributed by atoms with E-state index in [4.69, 9.17) is 14.6 Å². The van der Waals surface area contributed by atoms with Gasteiger partial charge in [0.05, 0.1) is 18.4 Å². The van der Waals surface area contributed by atoms with E-state index < -0.39 is 42.6 Å². The molecule has 0 amide bonds. The molecule has 176 valence electrons. The monoisotopic (exact) mass is 440 g/mol. The molecule has 0 aromatic heterocycles. The van der Waals surface area contributed by atoms with E-state index in [9.17, 15) is 24.9 Å². The van der Waals surface area contributed by atoms with Crippen molar-refractivity contribution in [2.24, 2.45) is 23.2 Å². The first-order chi connectivity index (χ1) is 14.5. The number of carboxylic acid groups (broad SMARTS) is 1. The van der Waals surface area contributed by atoms with Crippen LogP contribution in [0.5, 0.6) is 0 Å². The number of aliphatic hydroxyl groups excluding tert-OH is 3. The Hall–Kier alpha value is -1.74. The van der Waals surface area contributed by atoms with Gasteiger partial charge in [-0.1, -0.05) is 45.9 Å². The van der Waals surface area contributed by atoms with Gasteiger partial charge in [-0.2, -0.15) is 0 Å². The summed E-state index contributed by atoms with van der Waals surface area (Å²) in [4.78, 5) is 23.2. The van der Waals surface area contributed by atoms with E-state index in [0.29, 0.717) is 19.3 Å². The van der Waals surface area contributed by atoms with Crippen LogP contribution in [0.1, 0.15) is 59.8 Å². The standard InChI is InChI=1S/C23H36O8/c1-5-13(2)22(29)30-18-11-16(24)10-15-7-6-14(3)17(23(15,18)4)8-9-20(27)31-21(28)12-19(25)26/h6-7,10,13-14,16-18,20-21,24,27-28H,5,8-9,11-12H2,1-4H3,(H,25,26). The highest BCUT2D eigenvalue weighted by molar-refractivity contribution is 5.72. The summed E-state index contributed by atoms with van der Waals surface area (Å²) in [6, 6.07) is 0. The molecule has 2 aliphatic rings. The van der Waals surface area contributed by atoms with Crippen molar-refractivity contribution in [3.8, 4) is 0 Å². The number of allylic oxidation sites excluding steroid dienone is 2. The van der Waals surface area contributed by atoms with Crippen molar-refractivity contribution >= 4 is 11.9 Å². The van der Waals surface area contributed by atoms with Crippen LogP contribution in [0, 0.1) is 23.2 Å². The number of carbonyl (C=O) groups excluding carboxylic acids is 1. The Morgan fingerprint density at radius 3 is 2.58 bits per heavy atom. The highest BCUT2D eigenvalue weighted by Crippen LogP contribution is 2.53. The number of fused-ring (bicyclic) bond motifs is 1. The van der Waals surface area contributed by atoms with Gasteiger partial charge in [0.1, 0.15) is 6.10 Å². The molecular formula is C23H36O8. The van der Waals surface area contributed by atoms with Crippen LogP contribution < -0.4 is 0 Å². The zero-order valence-electron chi connectivity index (χ0n) is 18.7. The normalized spacial score (nSPS) is 33.1. The van der Waals surface area contributed by atoms with Gasteiger partial charge in [-0.3, -0.25) is 9.59 Å². The summed E-state index contributed by atoms with van der Waals surface area (Å²) in [5, 5.41) is 38.8. The molecule has 2 rings (SSSR count). The van der Waals surface area contributed by atoms with Gasteiger partial charge in [-0.25, -0.2) is 0 Å². The molecule has 8 heteroatoms. The third-order valence-corrected chi connectivity index (χ3v) is 6.76. The van der Waals surface area contributed by atoms with E-state index in [-0.39, 0.29) is 30.1 Å². The number of carboxylic acids is 1. The average Bonchev–Trinajstić information content (AvgIpc) is 2.67. The number of hydrogen-bond donors (Lipinski definition) is 4. The lowest BCUT2D eigenvalue weighted by Gasteiger charge is -2.51. The van der Waals surface area contributed by atoms with E-state index in [1.807, 2.05) is 39.8 Å². The van der Waals surface area contributed by atoms with Gasteiger partial charge >= 0.3 is 11.9 Å². The van der Waals surface area contributed by atoms with E-state index in [2.05, 4.69) is 0 Å². The van der Waals surface area contributed by atoms with E-state index in [1.165, 1.54) is 0 Å². The predicted octanol–water partition coefficient (Wildman–Crippen LogP) is 2.37. The van der Waals surface area contributed by atoms with Crippen LogP contribution in [-0.4, -0.2) is 57.2 Å². The fraction of sp³-hybridized carbons (Fsp3) is 0.739. The molecule has 0 aliphatic heterocycles. The molecule has 0 fully saturated rings. The van der Waals surface area contributed by atoms with Gasteiger partial charge in [-0.05, 0) is 36.7 Å². The summed E-state index contributed by atoms with van der Waals surface area (Å²) in [5.41, 5.74) is 0.341. The Morgan fingerprint density at radius 1 is 1.29 bits per heavy atom. The second-order valence-corrected chi connectivity index (χ2v) is 8.99. The van der Waals surface area contributed by atoms with Crippen molar-refractivity contribution < 1.29 is 39.5 Å². The summed E-state index contributed by atoms with van der Waals surface area (Å²) >= 11 is 0. The quantitative estimate of drug-likeness (QED) is 0.301. The number of carbonyl (C=O) groups is 2. The van der Waals surface area contributed by atoms with Crippen LogP contribution in [0.2, 0.25) is 0 Å². The van der Waals surface area contributed by atoms with Gasteiger partial charge in [0, 0.05) is 11.8 Å². The van der Waals surface area contributed by atoms with E-state index in [1.54, 1.807) is 6.08 Å². The van der Waals surface area contributed by atoms with Crippen molar-refractivity contribution in [2.45, 2.75) is 84.6 Å². The van der Waals surface area contributed by atoms with E-state index in [0.717, 1.165) is 5.57 Å². The smallest absolute Gasteiger partial charge is 0.308 e. The maximum Gasteiger partial charge on any atom is 0.308 e. The minimum atomic E-state index is -1.59. The van der Waals surface area contributed by atoms with Crippen molar-refractivity contribution in [2.75, 3.05) is 0 Å². The van der Waals surface area contributed by atoms with Crippen LogP contribution in [-0.2, 0) is 19.1 Å². The number of aliphatic carboxylic acids is 1. The molecule has 0 bridgehead atoms. The van der Waals surface area contributed by atoms with Crippen LogP contribution in [0.15, 0.2) is 23.8 Å². The second-order valence-electron chi connectivity index (χ2n) is 8.99. The number of ether oxygens (including phenoxy) is 2. The Labute approximate surface area is 183 Å². The molecule has 0 heterocycles. The minimum absolute atomic E-state index is 0.0270. The molecule has 0 aromatic rings. The Balaban J connectivity index is 2.19. The lowest BCUT2D eigenvalue weighted by atomic mass is 9.56. The molecule has 0 radical (unpaired) electrons. The fourth-order valence-corrected chi connectivity index (χ4v) is 4.65. The third kappa shape index (κ3) is 6.16. The summed E-state index contributed by atoms with van der Waals surface area (Å²) in [5.74, 6) is -1.67. The summed E-state index contributed by atoms with van der Waals surface area (Å²) < 4.78 is 10.9. The first kappa shape index (κ1) is 25.5. The summed E-state index contributed by atoms with van der Waals surface area (Å²) in [6.45, 7) is 7.81. The van der Waals surface area contributed by atoms with Gasteiger partial charge in [0.15, 0.2) is 12.6 Å². The highest BCUT2D eigenvalue weighted by atomic mass is 16.7. The molecule has 8 atom stereocenters. The summed E-state index contributed by atoms with van der Waals surface area (Å²) in [7, 11) is 0. The van der Waals surface area contributed by atoms with Crippen molar-refractivity contribution in [1.29, 1.82) is 0 Å². The van der Waals surface area contributed by atoms with Crippen LogP contribution in [0.25, 0.3) is 0 Å². The first-order valence-electron chi connectivity index (χ1n) is 11.0. The lowest BCUT2D eigenvalue weighted by molar-refractivity contribution is -0.216. The highest BCUT2D eigenvalue weighted by Gasteiger charge is 2.51. The lowest BCUT2D eigenvalue weighted by Crippen LogP contribution is -2.51. The maximum absolute atomic E-state index is 12.6. The Kier molecular flexibility index (Phi) is 8.83. The van der Waals surface area contributed by atoms with Gasteiger partial charge in [0.25, 0.3) is 0 Å². The van der Waals surface area contributed by atoms with Crippen molar-refractivity contribution in [3.05, 3.63) is 23.8 Å². The largest absolute Gasteiger partial charge is 0.481 e. The molecule has 0 saturated heterocycles. The average molecular weight is 441 g/mol. The fourth-order valence-electron chi connectivity index (χ4n) is 4.65. The summed E-state index contributed by atoms with van der Waals surface area (Å²) in [6.07, 6.45) is 2.69. The topological polar surface area (TPSA) is 134 Å². The van der Waals surface area contributed by atoms with Gasteiger partial charge in [-0.15, -0.1) is 0 Å². The number of esters is 1. The molecule has 8 unspecified atom stereocenters. The third-order valence-electron chi connectivity index (χ3n) is 6.76. The molecule has 2 aliphatic carbocycles. The van der Waals surface area contributed by atoms with Crippen molar-refractivity contribution in [1.82, 2.24) is 0 Å². The van der Waals surface area contributed by atoms with Gasteiger partial charge < -0.3 is 29.9 Å². The minimum Gasteiger partial charge on any atom is -0.481 e. The molecule has 0 aromatic carbocycles. The Bertz CT molecular complexity index is 702. The molecule has 4 N–H and O–H groups in total. The SMILES string of the molecule is CCC(C)C(=O)OC1CC(O)C=C2C=CC(C)C(CCC(O)OC(O)CC(=O)O)C21C. The zero-order valence-corrected chi connectivity index (χ0v) is 18.7. The van der Waals surface area contributed by atoms with Crippen LogP contribution >= 0.6 is 0 Å². The van der Waals surface area contributed by atoms with Crippen molar-refractivity contribution in [3.63, 3.8) is 0 Å². The van der Waals surface area contributed by atoms with Gasteiger partial charge in [0.2, 0.25) is 0 Å². The number of hydrogen-bond acceptors (Lipinski definition) is 7. The number of rotatable bonds is 10. The van der Waals surface area contributed by atoms with Crippen LogP contribution in [0.4, 0.5) is 0 Å². The number of aliphatic hydroxyl groups is 3. The zero-order chi connectivity index (χ0) is 23.3. The molecule has 8 nitrogen and oxygen atoms in total. The van der Waals surface area contributed by atoms with E-state index >= 15 is 0 Å². The maximum atomic E-state index is 12.6.